The van der Waals surface area contributed by atoms with Gasteiger partial charge in [-0.3, -0.25) is 9.78 Å². The van der Waals surface area contributed by atoms with Crippen molar-refractivity contribution in [2.24, 2.45) is 0 Å². The number of pyridine rings is 1. The number of carbonyl (C=O) groups is 1. The normalized spacial score (nSPS) is 11.2. The van der Waals surface area contributed by atoms with Crippen molar-refractivity contribution in [3.05, 3.63) is 65.7 Å². The van der Waals surface area contributed by atoms with Crippen LogP contribution in [-0.2, 0) is 4.79 Å². The molecule has 0 fully saturated rings. The summed E-state index contributed by atoms with van der Waals surface area (Å²) in [4.78, 5) is 14.9. The van der Waals surface area contributed by atoms with Crippen molar-refractivity contribution in [3.63, 3.8) is 0 Å². The number of nitrogens with zero attached hydrogens (tertiary/aromatic N) is 1. The van der Waals surface area contributed by atoms with Crippen LogP contribution in [0.1, 0.15) is 11.1 Å². The molecule has 1 aromatic carbocycles. The summed E-state index contributed by atoms with van der Waals surface area (Å²) in [6, 6.07) is 9.80. The maximum atomic E-state index is 13.4. The third-order valence-electron chi connectivity index (χ3n) is 2.34. The van der Waals surface area contributed by atoms with Crippen molar-refractivity contribution in [1.29, 1.82) is 0 Å². The molecule has 0 unspecified atom stereocenters. The molecule has 84 valence electrons. The second-order valence-electron chi connectivity index (χ2n) is 3.48. The highest BCUT2D eigenvalue weighted by Gasteiger charge is 2.03. The molecule has 3 heteroatoms. The number of aldehydes is 1. The van der Waals surface area contributed by atoms with E-state index in [4.69, 9.17) is 0 Å². The van der Waals surface area contributed by atoms with Crippen LogP contribution in [0.4, 0.5) is 4.39 Å². The third kappa shape index (κ3) is 2.64. The van der Waals surface area contributed by atoms with E-state index in [0.29, 0.717) is 23.0 Å². The summed E-state index contributed by atoms with van der Waals surface area (Å²) in [6.45, 7) is 0. The zero-order chi connectivity index (χ0) is 12.1. The molecule has 2 rings (SSSR count). The highest BCUT2D eigenvalue weighted by Crippen LogP contribution is 2.17. The molecule has 0 aliphatic carbocycles. The second-order valence-corrected chi connectivity index (χ2v) is 3.48. The molecule has 0 aliphatic rings. The molecule has 1 heterocycles. The number of benzene rings is 1. The van der Waals surface area contributed by atoms with Gasteiger partial charge in [0.15, 0.2) is 6.29 Å². The van der Waals surface area contributed by atoms with E-state index in [2.05, 4.69) is 4.98 Å². The first-order valence-electron chi connectivity index (χ1n) is 5.13. The fourth-order valence-electron chi connectivity index (χ4n) is 1.48. The molecule has 2 aromatic rings. The van der Waals surface area contributed by atoms with Crippen molar-refractivity contribution in [2.45, 2.75) is 0 Å². The molecule has 0 spiro atoms. The molecule has 0 saturated carbocycles. The molecule has 0 atom stereocenters. The highest BCUT2D eigenvalue weighted by molar-refractivity contribution is 6.13. The van der Waals surface area contributed by atoms with Crippen LogP contribution < -0.4 is 0 Å². The molecule has 0 amide bonds. The number of hydrogen-bond donors (Lipinski definition) is 0. The van der Waals surface area contributed by atoms with Crippen LogP contribution >= 0.6 is 0 Å². The van der Waals surface area contributed by atoms with Gasteiger partial charge in [-0.2, -0.15) is 0 Å². The van der Waals surface area contributed by atoms with Crippen LogP contribution in [0, 0.1) is 5.82 Å². The quantitative estimate of drug-likeness (QED) is 0.596. The first-order chi connectivity index (χ1) is 8.31. The number of carbonyl (C=O) groups excluding carboxylic acids is 1. The summed E-state index contributed by atoms with van der Waals surface area (Å²) < 4.78 is 13.4. The zero-order valence-corrected chi connectivity index (χ0v) is 9.01. The number of halogens is 1. The minimum absolute atomic E-state index is 0.351. The Morgan fingerprint density at radius 2 is 2.00 bits per heavy atom. The van der Waals surface area contributed by atoms with Gasteiger partial charge in [0.1, 0.15) is 5.82 Å². The van der Waals surface area contributed by atoms with Gasteiger partial charge in [0.2, 0.25) is 0 Å². The smallest absolute Gasteiger partial charge is 0.150 e. The Morgan fingerprint density at radius 3 is 2.65 bits per heavy atom. The molecule has 17 heavy (non-hydrogen) atoms. The zero-order valence-electron chi connectivity index (χ0n) is 9.01. The van der Waals surface area contributed by atoms with Crippen LogP contribution in [0.2, 0.25) is 0 Å². The van der Waals surface area contributed by atoms with Crippen molar-refractivity contribution >= 4 is 17.9 Å². The predicted octanol–water partition coefficient (Wildman–Crippen LogP) is 2.96. The Morgan fingerprint density at radius 1 is 1.18 bits per heavy atom. The summed E-state index contributed by atoms with van der Waals surface area (Å²) in [6.07, 6.45) is 5.40. The SMILES string of the molecule is O=CC(=Cc1ccccc1F)c1cccnc1. The van der Waals surface area contributed by atoms with Crippen LogP contribution in [0.15, 0.2) is 48.8 Å². The van der Waals surface area contributed by atoms with E-state index in [0.717, 1.165) is 0 Å². The molecule has 0 radical (unpaired) electrons. The monoisotopic (exact) mass is 227 g/mol. The second kappa shape index (κ2) is 5.16. The molecule has 2 nitrogen and oxygen atoms in total. The van der Waals surface area contributed by atoms with Crippen molar-refractivity contribution in [1.82, 2.24) is 4.98 Å². The molecular weight excluding hydrogens is 217 g/mol. The first-order valence-corrected chi connectivity index (χ1v) is 5.13. The van der Waals surface area contributed by atoms with Gasteiger partial charge in [0.25, 0.3) is 0 Å². The van der Waals surface area contributed by atoms with Crippen LogP contribution in [0.3, 0.4) is 0 Å². The third-order valence-corrected chi connectivity index (χ3v) is 2.34. The summed E-state index contributed by atoms with van der Waals surface area (Å²) >= 11 is 0. The van der Waals surface area contributed by atoms with E-state index < -0.39 is 0 Å². The van der Waals surface area contributed by atoms with Gasteiger partial charge in [0.05, 0.1) is 0 Å². The van der Waals surface area contributed by atoms with Crippen molar-refractivity contribution < 1.29 is 9.18 Å². The van der Waals surface area contributed by atoms with E-state index in [1.807, 2.05) is 0 Å². The van der Waals surface area contributed by atoms with E-state index in [9.17, 15) is 9.18 Å². The van der Waals surface area contributed by atoms with Gasteiger partial charge in [-0.05, 0) is 18.2 Å². The number of rotatable bonds is 3. The van der Waals surface area contributed by atoms with Crippen LogP contribution in [-0.4, -0.2) is 11.3 Å². The standard InChI is InChI=1S/C14H10FNO/c15-14-6-2-1-4-11(14)8-13(10-17)12-5-3-7-16-9-12/h1-10H. The number of allylic oxidation sites excluding steroid dienone is 1. The van der Waals surface area contributed by atoms with Gasteiger partial charge >= 0.3 is 0 Å². The Labute approximate surface area is 98.4 Å². The van der Waals surface area contributed by atoms with Gasteiger partial charge in [-0.15, -0.1) is 0 Å². The lowest BCUT2D eigenvalue weighted by Gasteiger charge is -2.00. The van der Waals surface area contributed by atoms with Gasteiger partial charge < -0.3 is 0 Å². The Kier molecular flexibility index (Phi) is 3.40. The maximum Gasteiger partial charge on any atom is 0.150 e. The van der Waals surface area contributed by atoms with E-state index >= 15 is 0 Å². The van der Waals surface area contributed by atoms with E-state index in [1.165, 1.54) is 12.1 Å². The fourth-order valence-corrected chi connectivity index (χ4v) is 1.48. The van der Waals surface area contributed by atoms with E-state index in [-0.39, 0.29) is 5.82 Å². The van der Waals surface area contributed by atoms with Crippen molar-refractivity contribution in [3.8, 4) is 0 Å². The van der Waals surface area contributed by atoms with Crippen LogP contribution in [0.25, 0.3) is 11.6 Å². The average Bonchev–Trinajstić information content (AvgIpc) is 2.39. The molecular formula is C14H10FNO. The first kappa shape index (κ1) is 11.2. The van der Waals surface area contributed by atoms with E-state index in [1.54, 1.807) is 42.7 Å². The minimum Gasteiger partial charge on any atom is -0.298 e. The lowest BCUT2D eigenvalue weighted by atomic mass is 10.1. The van der Waals surface area contributed by atoms with Gasteiger partial charge in [0, 0.05) is 29.1 Å². The summed E-state index contributed by atoms with van der Waals surface area (Å²) in [5, 5.41) is 0. The predicted molar refractivity (Wildman–Crippen MR) is 64.6 cm³/mol. The Bertz CT molecular complexity index is 549. The van der Waals surface area contributed by atoms with Gasteiger partial charge in [-0.25, -0.2) is 4.39 Å². The lowest BCUT2D eigenvalue weighted by molar-refractivity contribution is -0.103. The Hall–Kier alpha value is -2.29. The maximum absolute atomic E-state index is 13.4. The molecule has 0 aliphatic heterocycles. The highest BCUT2D eigenvalue weighted by atomic mass is 19.1. The minimum atomic E-state index is -0.351. The fraction of sp³-hybridized carbons (Fsp3) is 0. The Balaban J connectivity index is 2.44. The van der Waals surface area contributed by atoms with Crippen molar-refractivity contribution in [2.75, 3.05) is 0 Å². The van der Waals surface area contributed by atoms with Crippen LogP contribution in [0.5, 0.6) is 0 Å². The summed E-state index contributed by atoms with van der Waals surface area (Å²) in [5.74, 6) is -0.351. The number of aromatic nitrogens is 1. The summed E-state index contributed by atoms with van der Waals surface area (Å²) in [7, 11) is 0. The topological polar surface area (TPSA) is 30.0 Å². The lowest BCUT2D eigenvalue weighted by Crippen LogP contribution is -1.88. The molecule has 0 N–H and O–H groups in total. The number of hydrogen-bond acceptors (Lipinski definition) is 2. The molecule has 0 bridgehead atoms. The largest absolute Gasteiger partial charge is 0.298 e. The average molecular weight is 227 g/mol. The molecule has 1 aromatic heterocycles. The summed E-state index contributed by atoms with van der Waals surface area (Å²) in [5.41, 5.74) is 1.47. The molecule has 0 saturated heterocycles. The van der Waals surface area contributed by atoms with Gasteiger partial charge in [-0.1, -0.05) is 24.3 Å².